The van der Waals surface area contributed by atoms with Gasteiger partial charge in [0.15, 0.2) is 0 Å². The van der Waals surface area contributed by atoms with Crippen LogP contribution >= 0.6 is 0 Å². The number of carbonyl (C=O) groups is 2. The Kier molecular flexibility index (Phi) is 5.26. The molecule has 0 radical (unpaired) electrons. The number of nitrogens with one attached hydrogen (secondary N) is 1. The number of aromatic nitrogens is 2. The van der Waals surface area contributed by atoms with Crippen molar-refractivity contribution in [2.45, 2.75) is 6.54 Å². The predicted octanol–water partition coefficient (Wildman–Crippen LogP) is 4.05. The van der Waals surface area contributed by atoms with Crippen molar-refractivity contribution < 1.29 is 18.7 Å². The van der Waals surface area contributed by atoms with Gasteiger partial charge in [0.1, 0.15) is 11.6 Å². The van der Waals surface area contributed by atoms with Gasteiger partial charge >= 0.3 is 0 Å². The molecule has 0 saturated heterocycles. The lowest BCUT2D eigenvalue weighted by Gasteiger charge is -2.06. The fourth-order valence-electron chi connectivity index (χ4n) is 3.25. The number of hydrogen-bond acceptors (Lipinski definition) is 4. The molecule has 0 aliphatic heterocycles. The maximum atomic E-state index is 13.2. The number of pyridine rings is 1. The molecule has 1 amide bonds. The van der Waals surface area contributed by atoms with Crippen molar-refractivity contribution in [2.24, 2.45) is 0 Å². The normalized spacial score (nSPS) is 10.7. The molecule has 0 atom stereocenters. The fraction of sp³-hybridized carbons (Fsp3) is 0.0870. The molecular formula is C23H18FN3O3. The third-order valence-electron chi connectivity index (χ3n) is 4.74. The minimum absolute atomic E-state index is 0.262. The molecule has 6 nitrogen and oxygen atoms in total. The number of fused-ring (bicyclic) bond motifs is 1. The standard InChI is InChI=1S/C23H18FN3O3/c1-30-18-6-7-21-19(12-18)20(14-27(21)13-15-2-4-16(24)5-3-15)22(28)23(29)26-17-8-10-25-11-9-17/h2-12,14H,13H2,1H3,(H,25,26,29). The maximum Gasteiger partial charge on any atom is 0.296 e. The van der Waals surface area contributed by atoms with E-state index in [1.54, 1.807) is 42.6 Å². The Labute approximate surface area is 171 Å². The van der Waals surface area contributed by atoms with Gasteiger partial charge < -0.3 is 14.6 Å². The van der Waals surface area contributed by atoms with E-state index in [1.807, 2.05) is 10.6 Å². The summed E-state index contributed by atoms with van der Waals surface area (Å²) < 4.78 is 20.4. The highest BCUT2D eigenvalue weighted by Gasteiger charge is 2.22. The van der Waals surface area contributed by atoms with Crippen LogP contribution in [0.1, 0.15) is 15.9 Å². The predicted molar refractivity (Wildman–Crippen MR) is 111 cm³/mol. The van der Waals surface area contributed by atoms with Crippen LogP contribution in [0, 0.1) is 5.82 Å². The Morgan fingerprint density at radius 3 is 2.50 bits per heavy atom. The molecule has 2 aromatic carbocycles. The van der Waals surface area contributed by atoms with Gasteiger partial charge in [-0.05, 0) is 48.0 Å². The average molecular weight is 403 g/mol. The van der Waals surface area contributed by atoms with E-state index in [0.29, 0.717) is 23.4 Å². The first-order valence-electron chi connectivity index (χ1n) is 9.22. The first-order chi connectivity index (χ1) is 14.5. The lowest BCUT2D eigenvalue weighted by atomic mass is 10.1. The van der Waals surface area contributed by atoms with Crippen molar-refractivity contribution in [1.29, 1.82) is 0 Å². The van der Waals surface area contributed by atoms with E-state index in [2.05, 4.69) is 10.3 Å². The number of carbonyl (C=O) groups excluding carboxylic acids is 2. The van der Waals surface area contributed by atoms with Crippen LogP contribution in [0.4, 0.5) is 10.1 Å². The summed E-state index contributed by atoms with van der Waals surface area (Å²) in [5.41, 5.74) is 2.37. The molecule has 0 unspecified atom stereocenters. The van der Waals surface area contributed by atoms with Crippen LogP contribution in [0.5, 0.6) is 5.75 Å². The largest absolute Gasteiger partial charge is 0.497 e. The molecule has 4 rings (SSSR count). The number of benzene rings is 2. The van der Waals surface area contributed by atoms with Crippen LogP contribution in [0.25, 0.3) is 10.9 Å². The number of methoxy groups -OCH3 is 1. The third kappa shape index (κ3) is 3.91. The molecule has 1 N–H and O–H groups in total. The highest BCUT2D eigenvalue weighted by molar-refractivity contribution is 6.48. The highest BCUT2D eigenvalue weighted by atomic mass is 19.1. The molecule has 2 heterocycles. The summed E-state index contributed by atoms with van der Waals surface area (Å²) in [5.74, 6) is -1.15. The van der Waals surface area contributed by atoms with Crippen LogP contribution in [0.15, 0.2) is 73.2 Å². The molecule has 30 heavy (non-hydrogen) atoms. The SMILES string of the molecule is COc1ccc2c(c1)c(C(=O)C(=O)Nc1ccncc1)cn2Cc1ccc(F)cc1. The summed E-state index contributed by atoms with van der Waals surface area (Å²) in [6.45, 7) is 0.419. The monoisotopic (exact) mass is 403 g/mol. The van der Waals surface area contributed by atoms with Gasteiger partial charge in [0.05, 0.1) is 12.7 Å². The smallest absolute Gasteiger partial charge is 0.296 e. The molecule has 0 bridgehead atoms. The molecule has 0 spiro atoms. The van der Waals surface area contributed by atoms with Crippen LogP contribution in [0.2, 0.25) is 0 Å². The van der Waals surface area contributed by atoms with Crippen LogP contribution in [-0.4, -0.2) is 28.4 Å². The van der Waals surface area contributed by atoms with Crippen molar-refractivity contribution >= 4 is 28.3 Å². The second-order valence-electron chi connectivity index (χ2n) is 6.70. The van der Waals surface area contributed by atoms with Crippen molar-refractivity contribution in [2.75, 3.05) is 12.4 Å². The minimum Gasteiger partial charge on any atom is -0.497 e. The summed E-state index contributed by atoms with van der Waals surface area (Å²) >= 11 is 0. The van der Waals surface area contributed by atoms with E-state index in [4.69, 9.17) is 4.74 Å². The van der Waals surface area contributed by atoms with E-state index in [0.717, 1.165) is 11.1 Å². The number of ether oxygens (including phenoxy) is 1. The number of anilines is 1. The van der Waals surface area contributed by atoms with Crippen LogP contribution < -0.4 is 10.1 Å². The number of hydrogen-bond donors (Lipinski definition) is 1. The van der Waals surface area contributed by atoms with Crippen molar-refractivity contribution in [3.8, 4) is 5.75 Å². The highest BCUT2D eigenvalue weighted by Crippen LogP contribution is 2.27. The number of nitrogens with zero attached hydrogens (tertiary/aromatic N) is 2. The van der Waals surface area contributed by atoms with Gasteiger partial charge in [-0.3, -0.25) is 14.6 Å². The fourth-order valence-corrected chi connectivity index (χ4v) is 3.25. The second-order valence-corrected chi connectivity index (χ2v) is 6.70. The number of ketones is 1. The third-order valence-corrected chi connectivity index (χ3v) is 4.74. The second kappa shape index (κ2) is 8.16. The van der Waals surface area contributed by atoms with Gasteiger partial charge in [-0.25, -0.2) is 4.39 Å². The van der Waals surface area contributed by atoms with E-state index in [1.165, 1.54) is 31.6 Å². The van der Waals surface area contributed by atoms with E-state index in [9.17, 15) is 14.0 Å². The molecule has 150 valence electrons. The lowest BCUT2D eigenvalue weighted by Crippen LogP contribution is -2.22. The van der Waals surface area contributed by atoms with E-state index >= 15 is 0 Å². The molecular weight excluding hydrogens is 385 g/mol. The quantitative estimate of drug-likeness (QED) is 0.389. The average Bonchev–Trinajstić information content (AvgIpc) is 3.13. The zero-order chi connectivity index (χ0) is 21.1. The van der Waals surface area contributed by atoms with Crippen LogP contribution in [0.3, 0.4) is 0 Å². The Morgan fingerprint density at radius 2 is 1.80 bits per heavy atom. The molecule has 0 fully saturated rings. The number of rotatable bonds is 6. The maximum absolute atomic E-state index is 13.2. The Morgan fingerprint density at radius 1 is 1.07 bits per heavy atom. The van der Waals surface area contributed by atoms with E-state index < -0.39 is 11.7 Å². The topological polar surface area (TPSA) is 73.2 Å². The molecule has 7 heteroatoms. The molecule has 0 aliphatic carbocycles. The number of Topliss-reactive ketones (excluding diaryl/α,β-unsaturated/α-hetero) is 1. The summed E-state index contributed by atoms with van der Waals surface area (Å²) in [6, 6.07) is 14.7. The summed E-state index contributed by atoms with van der Waals surface area (Å²) in [6.07, 6.45) is 4.70. The Hall–Kier alpha value is -4.00. The summed E-state index contributed by atoms with van der Waals surface area (Å²) in [7, 11) is 1.54. The molecule has 4 aromatic rings. The number of halogens is 1. The first-order valence-corrected chi connectivity index (χ1v) is 9.22. The first kappa shape index (κ1) is 19.3. The van der Waals surface area contributed by atoms with Gasteiger partial charge in [-0.15, -0.1) is 0 Å². The Balaban J connectivity index is 1.71. The van der Waals surface area contributed by atoms with Gasteiger partial charge in [0.2, 0.25) is 0 Å². The van der Waals surface area contributed by atoms with E-state index in [-0.39, 0.29) is 11.4 Å². The van der Waals surface area contributed by atoms with Gasteiger partial charge in [-0.2, -0.15) is 0 Å². The van der Waals surface area contributed by atoms with Crippen LogP contribution in [-0.2, 0) is 11.3 Å². The van der Waals surface area contributed by atoms with Gasteiger partial charge in [0.25, 0.3) is 11.7 Å². The van der Waals surface area contributed by atoms with Crippen molar-refractivity contribution in [1.82, 2.24) is 9.55 Å². The van der Waals surface area contributed by atoms with Crippen molar-refractivity contribution in [3.63, 3.8) is 0 Å². The van der Waals surface area contributed by atoms with Gasteiger partial charge in [-0.1, -0.05) is 12.1 Å². The zero-order valence-electron chi connectivity index (χ0n) is 16.1. The molecule has 0 saturated carbocycles. The minimum atomic E-state index is -0.746. The Bertz CT molecular complexity index is 1220. The van der Waals surface area contributed by atoms with Gasteiger partial charge in [0, 0.05) is 41.7 Å². The summed E-state index contributed by atoms with van der Waals surface area (Å²) in [4.78, 5) is 29.4. The van der Waals surface area contributed by atoms with Crippen molar-refractivity contribution in [3.05, 3.63) is 90.1 Å². The number of amides is 1. The summed E-state index contributed by atoms with van der Waals surface area (Å²) in [5, 5.41) is 3.19. The lowest BCUT2D eigenvalue weighted by molar-refractivity contribution is -0.112. The molecule has 0 aliphatic rings. The zero-order valence-corrected chi connectivity index (χ0v) is 16.1. The molecule has 2 aromatic heterocycles.